The third-order valence-electron chi connectivity index (χ3n) is 2.75. The predicted molar refractivity (Wildman–Crippen MR) is 68.6 cm³/mol. The minimum absolute atomic E-state index is 0.0402. The number of morpholine rings is 1. The second-order valence-electron chi connectivity index (χ2n) is 4.31. The number of hydrogen-bond acceptors (Lipinski definition) is 6. The third-order valence-corrected chi connectivity index (χ3v) is 3.59. The Morgan fingerprint density at radius 1 is 1.68 bits per heavy atom. The molecule has 1 unspecified atom stereocenters. The number of carbonyl (C=O) groups excluding carboxylic acids is 1. The fourth-order valence-corrected chi connectivity index (χ4v) is 2.46. The van der Waals surface area contributed by atoms with Gasteiger partial charge in [0.1, 0.15) is 0 Å². The van der Waals surface area contributed by atoms with E-state index in [1.54, 1.807) is 0 Å². The van der Waals surface area contributed by atoms with Gasteiger partial charge in [-0.3, -0.25) is 4.79 Å². The largest absolute Gasteiger partial charge is 0.476 e. The van der Waals surface area contributed by atoms with Gasteiger partial charge in [0, 0.05) is 25.0 Å². The van der Waals surface area contributed by atoms with E-state index in [1.807, 2.05) is 7.05 Å². The van der Waals surface area contributed by atoms with Crippen molar-refractivity contribution in [3.63, 3.8) is 0 Å². The maximum Gasteiger partial charge on any atom is 0.355 e. The summed E-state index contributed by atoms with van der Waals surface area (Å²) in [6, 6.07) is 0. The summed E-state index contributed by atoms with van der Waals surface area (Å²) in [6.07, 6.45) is -0.0402. The molecule has 0 radical (unpaired) electrons. The zero-order chi connectivity index (χ0) is 13.8. The number of carbonyl (C=O) groups is 2. The fraction of sp³-hybridized carbons (Fsp3) is 0.545. The zero-order valence-corrected chi connectivity index (χ0v) is 11.3. The summed E-state index contributed by atoms with van der Waals surface area (Å²) in [5.74, 6) is -1.50. The molecule has 2 heterocycles. The molecule has 8 heteroatoms. The van der Waals surface area contributed by atoms with Crippen LogP contribution in [0.5, 0.6) is 0 Å². The SMILES string of the molecule is CN1CCOC(CNC(=O)c2nc(C(=O)O)cs2)C1. The number of thiazole rings is 1. The summed E-state index contributed by atoms with van der Waals surface area (Å²) in [4.78, 5) is 28.3. The van der Waals surface area contributed by atoms with E-state index in [9.17, 15) is 9.59 Å². The van der Waals surface area contributed by atoms with Crippen LogP contribution in [0, 0.1) is 0 Å². The Kier molecular flexibility index (Phi) is 4.46. The van der Waals surface area contributed by atoms with Crippen molar-refractivity contribution in [2.24, 2.45) is 0 Å². The maximum atomic E-state index is 11.8. The molecule has 1 atom stereocenters. The van der Waals surface area contributed by atoms with Gasteiger partial charge in [-0.2, -0.15) is 0 Å². The molecule has 1 fully saturated rings. The van der Waals surface area contributed by atoms with E-state index in [1.165, 1.54) is 5.38 Å². The Hall–Kier alpha value is -1.51. The average molecular weight is 285 g/mol. The van der Waals surface area contributed by atoms with Gasteiger partial charge in [-0.05, 0) is 7.05 Å². The van der Waals surface area contributed by atoms with Crippen molar-refractivity contribution in [3.8, 4) is 0 Å². The van der Waals surface area contributed by atoms with Gasteiger partial charge >= 0.3 is 5.97 Å². The lowest BCUT2D eigenvalue weighted by Crippen LogP contribution is -2.45. The van der Waals surface area contributed by atoms with Crippen LogP contribution in [0.15, 0.2) is 5.38 Å². The first-order chi connectivity index (χ1) is 9.06. The Balaban J connectivity index is 1.85. The molecule has 1 saturated heterocycles. The van der Waals surface area contributed by atoms with E-state index in [0.29, 0.717) is 13.2 Å². The molecule has 1 aromatic rings. The van der Waals surface area contributed by atoms with Crippen LogP contribution in [0.2, 0.25) is 0 Å². The van der Waals surface area contributed by atoms with Gasteiger partial charge < -0.3 is 20.1 Å². The number of amides is 1. The van der Waals surface area contributed by atoms with Crippen molar-refractivity contribution < 1.29 is 19.4 Å². The summed E-state index contributed by atoms with van der Waals surface area (Å²) >= 11 is 1.02. The van der Waals surface area contributed by atoms with Crippen molar-refractivity contribution in [1.29, 1.82) is 0 Å². The molecule has 1 aromatic heterocycles. The average Bonchev–Trinajstić information content (AvgIpc) is 2.86. The molecule has 1 aliphatic heterocycles. The van der Waals surface area contributed by atoms with Crippen molar-refractivity contribution in [1.82, 2.24) is 15.2 Å². The number of ether oxygens (including phenoxy) is 1. The lowest BCUT2D eigenvalue weighted by Gasteiger charge is -2.29. The molecule has 0 aliphatic carbocycles. The Morgan fingerprint density at radius 2 is 2.47 bits per heavy atom. The molecule has 1 aliphatic rings. The van der Waals surface area contributed by atoms with E-state index >= 15 is 0 Å². The maximum absolute atomic E-state index is 11.8. The lowest BCUT2D eigenvalue weighted by atomic mass is 10.3. The molecule has 0 bridgehead atoms. The molecular weight excluding hydrogens is 270 g/mol. The number of hydrogen-bond donors (Lipinski definition) is 2. The van der Waals surface area contributed by atoms with Gasteiger partial charge in [0.15, 0.2) is 10.7 Å². The minimum Gasteiger partial charge on any atom is -0.476 e. The van der Waals surface area contributed by atoms with Crippen LogP contribution in [-0.4, -0.2) is 66.3 Å². The van der Waals surface area contributed by atoms with Crippen LogP contribution in [0.3, 0.4) is 0 Å². The van der Waals surface area contributed by atoms with Crippen LogP contribution in [0.4, 0.5) is 0 Å². The number of aromatic nitrogens is 1. The first-order valence-corrected chi connectivity index (χ1v) is 6.71. The normalized spacial score (nSPS) is 20.2. The molecular formula is C11H15N3O4S. The van der Waals surface area contributed by atoms with E-state index < -0.39 is 5.97 Å². The molecule has 104 valence electrons. The van der Waals surface area contributed by atoms with Crippen molar-refractivity contribution in [2.45, 2.75) is 6.10 Å². The highest BCUT2D eigenvalue weighted by Crippen LogP contribution is 2.10. The van der Waals surface area contributed by atoms with Gasteiger partial charge in [0.05, 0.1) is 12.7 Å². The number of aromatic carboxylic acids is 1. The van der Waals surface area contributed by atoms with Gasteiger partial charge in [0.25, 0.3) is 5.91 Å². The number of carboxylic acid groups (broad SMARTS) is 1. The van der Waals surface area contributed by atoms with E-state index in [-0.39, 0.29) is 22.7 Å². The quantitative estimate of drug-likeness (QED) is 0.803. The zero-order valence-electron chi connectivity index (χ0n) is 10.5. The first-order valence-electron chi connectivity index (χ1n) is 5.83. The standard InChI is InChI=1S/C11H15N3O4S/c1-14-2-3-18-7(5-14)4-12-9(15)10-13-8(6-19-10)11(16)17/h6-7H,2-5H2,1H3,(H,12,15)(H,16,17). The Morgan fingerprint density at radius 3 is 3.11 bits per heavy atom. The summed E-state index contributed by atoms with van der Waals surface area (Å²) in [5, 5.41) is 12.9. The highest BCUT2D eigenvalue weighted by atomic mass is 32.1. The van der Waals surface area contributed by atoms with Gasteiger partial charge in [-0.1, -0.05) is 0 Å². The molecule has 2 N–H and O–H groups in total. The van der Waals surface area contributed by atoms with E-state index in [2.05, 4.69) is 15.2 Å². The second kappa shape index (κ2) is 6.09. The highest BCUT2D eigenvalue weighted by Gasteiger charge is 2.20. The van der Waals surface area contributed by atoms with E-state index in [4.69, 9.17) is 9.84 Å². The number of nitrogens with zero attached hydrogens (tertiary/aromatic N) is 2. The molecule has 19 heavy (non-hydrogen) atoms. The smallest absolute Gasteiger partial charge is 0.355 e. The molecule has 7 nitrogen and oxygen atoms in total. The number of likely N-dealkylation sites (N-methyl/N-ethyl adjacent to an activating group) is 1. The molecule has 1 amide bonds. The third kappa shape index (κ3) is 3.72. The van der Waals surface area contributed by atoms with Crippen LogP contribution < -0.4 is 5.32 Å². The Bertz CT molecular complexity index is 476. The molecule has 0 aromatic carbocycles. The van der Waals surface area contributed by atoms with Crippen LogP contribution in [0.1, 0.15) is 20.3 Å². The first kappa shape index (κ1) is 13.9. The number of rotatable bonds is 4. The summed E-state index contributed by atoms with van der Waals surface area (Å²) < 4.78 is 5.51. The fourth-order valence-electron chi connectivity index (χ4n) is 1.75. The van der Waals surface area contributed by atoms with Gasteiger partial charge in [-0.25, -0.2) is 9.78 Å². The second-order valence-corrected chi connectivity index (χ2v) is 5.17. The number of nitrogens with one attached hydrogen (secondary N) is 1. The van der Waals surface area contributed by atoms with Crippen molar-refractivity contribution >= 4 is 23.2 Å². The predicted octanol–water partition coefficient (Wildman–Crippen LogP) is -0.0983. The van der Waals surface area contributed by atoms with E-state index in [0.717, 1.165) is 24.4 Å². The lowest BCUT2D eigenvalue weighted by molar-refractivity contribution is -0.0175. The van der Waals surface area contributed by atoms with Gasteiger partial charge in [-0.15, -0.1) is 11.3 Å². The topological polar surface area (TPSA) is 91.8 Å². The van der Waals surface area contributed by atoms with Gasteiger partial charge in [0.2, 0.25) is 0 Å². The highest BCUT2D eigenvalue weighted by molar-refractivity contribution is 7.11. The molecule has 0 spiro atoms. The Labute approximate surface area is 114 Å². The van der Waals surface area contributed by atoms with Crippen LogP contribution >= 0.6 is 11.3 Å². The summed E-state index contributed by atoms with van der Waals surface area (Å²) in [5.41, 5.74) is -0.108. The van der Waals surface area contributed by atoms with Crippen LogP contribution in [-0.2, 0) is 4.74 Å². The summed E-state index contributed by atoms with van der Waals surface area (Å²) in [7, 11) is 2.00. The van der Waals surface area contributed by atoms with Crippen molar-refractivity contribution in [2.75, 3.05) is 33.3 Å². The number of carboxylic acids is 1. The molecule has 0 saturated carbocycles. The van der Waals surface area contributed by atoms with Crippen molar-refractivity contribution in [3.05, 3.63) is 16.1 Å². The molecule has 2 rings (SSSR count). The summed E-state index contributed by atoms with van der Waals surface area (Å²) in [6.45, 7) is 2.69. The minimum atomic E-state index is -1.13. The monoisotopic (exact) mass is 285 g/mol. The van der Waals surface area contributed by atoms with Crippen LogP contribution in [0.25, 0.3) is 0 Å².